The number of hydrogen-bond acceptors (Lipinski definition) is 4. The Kier molecular flexibility index (Phi) is 6.60. The third kappa shape index (κ3) is 4.77. The maximum atomic E-state index is 13.2. The molecule has 2 aliphatic rings. The van der Waals surface area contributed by atoms with E-state index >= 15 is 0 Å². The first-order valence-electron chi connectivity index (χ1n) is 9.76. The lowest BCUT2D eigenvalue weighted by molar-refractivity contribution is -0.105. The average molecular weight is 372 g/mol. The summed E-state index contributed by atoms with van der Waals surface area (Å²) in [6, 6.07) is 0. The lowest BCUT2D eigenvalue weighted by Gasteiger charge is -2.44. The van der Waals surface area contributed by atoms with Gasteiger partial charge in [-0.05, 0) is 52.4 Å². The minimum Gasteiger partial charge on any atom is -0.450 e. The normalized spacial score (nSPS) is 23.7. The molecule has 25 heavy (non-hydrogen) atoms. The SMILES string of the molecule is COCCC[C@@H](OC(=O)N1C(C)(C)COC12CCCCC2)[Si](C)(C)C. The lowest BCUT2D eigenvalue weighted by Crippen LogP contribution is -2.58. The predicted molar refractivity (Wildman–Crippen MR) is 102 cm³/mol. The highest BCUT2D eigenvalue weighted by atomic mass is 28.3. The number of rotatable bonds is 6. The summed E-state index contributed by atoms with van der Waals surface area (Å²) < 4.78 is 17.5. The Bertz CT molecular complexity index is 455. The molecule has 0 radical (unpaired) electrons. The highest BCUT2D eigenvalue weighted by Crippen LogP contribution is 2.44. The lowest BCUT2D eigenvalue weighted by atomic mass is 9.89. The monoisotopic (exact) mass is 371 g/mol. The number of hydrogen-bond donors (Lipinski definition) is 0. The second kappa shape index (κ2) is 7.97. The standard InChI is InChI=1S/C19H37NO4Si/c1-18(2)15-23-19(12-8-7-9-13-19)20(18)17(21)24-16(25(4,5)6)11-10-14-22-3/h16H,7-15H2,1-6H3/t16-/m0/s1. The predicted octanol–water partition coefficient (Wildman–Crippen LogP) is 4.57. The molecule has 0 aromatic heterocycles. The second-order valence-corrected chi connectivity index (χ2v) is 14.7. The van der Waals surface area contributed by atoms with Crippen LogP contribution in [0.15, 0.2) is 0 Å². The zero-order valence-electron chi connectivity index (χ0n) is 17.0. The van der Waals surface area contributed by atoms with Gasteiger partial charge in [-0.3, -0.25) is 4.90 Å². The molecule has 0 unspecified atom stereocenters. The zero-order chi connectivity index (χ0) is 18.7. The first-order chi connectivity index (χ1) is 11.6. The summed E-state index contributed by atoms with van der Waals surface area (Å²) in [6.07, 6.45) is 6.91. The fraction of sp³-hybridized carbons (Fsp3) is 0.947. The van der Waals surface area contributed by atoms with Gasteiger partial charge in [0, 0.05) is 13.7 Å². The maximum absolute atomic E-state index is 13.2. The third-order valence-electron chi connectivity index (χ3n) is 5.55. The fourth-order valence-corrected chi connectivity index (χ4v) is 5.66. The molecule has 1 saturated heterocycles. The second-order valence-electron chi connectivity index (χ2n) is 9.32. The molecule has 1 atom stereocenters. The van der Waals surface area contributed by atoms with Crippen molar-refractivity contribution < 1.29 is 19.0 Å². The smallest absolute Gasteiger partial charge is 0.412 e. The highest BCUT2D eigenvalue weighted by Gasteiger charge is 2.55. The molecule has 1 aliphatic carbocycles. The van der Waals surface area contributed by atoms with Gasteiger partial charge in [-0.2, -0.15) is 0 Å². The Morgan fingerprint density at radius 1 is 1.20 bits per heavy atom. The molecule has 0 aromatic carbocycles. The Hall–Kier alpha value is -0.593. The minimum absolute atomic E-state index is 0.00666. The van der Waals surface area contributed by atoms with Gasteiger partial charge in [0.1, 0.15) is 5.72 Å². The van der Waals surface area contributed by atoms with E-state index in [0.717, 1.165) is 38.5 Å². The summed E-state index contributed by atoms with van der Waals surface area (Å²) in [4.78, 5) is 15.2. The molecular formula is C19H37NO4Si. The molecule has 1 saturated carbocycles. The molecule has 1 aliphatic heterocycles. The molecule has 1 heterocycles. The Morgan fingerprint density at radius 2 is 1.84 bits per heavy atom. The molecule has 2 rings (SSSR count). The summed E-state index contributed by atoms with van der Waals surface area (Å²) in [5, 5.41) is 0. The van der Waals surface area contributed by atoms with Crippen molar-refractivity contribution >= 4 is 14.2 Å². The quantitative estimate of drug-likeness (QED) is 0.507. The molecule has 6 heteroatoms. The number of carbonyl (C=O) groups is 1. The van der Waals surface area contributed by atoms with Crippen molar-refractivity contribution in [3.63, 3.8) is 0 Å². The van der Waals surface area contributed by atoms with Crippen LogP contribution in [0.25, 0.3) is 0 Å². The van der Waals surface area contributed by atoms with Crippen LogP contribution in [-0.2, 0) is 14.2 Å². The molecule has 0 N–H and O–H groups in total. The molecule has 1 spiro atoms. The molecule has 146 valence electrons. The van der Waals surface area contributed by atoms with E-state index in [1.54, 1.807) is 7.11 Å². The van der Waals surface area contributed by atoms with E-state index < -0.39 is 13.8 Å². The summed E-state index contributed by atoms with van der Waals surface area (Å²) in [5.41, 5.74) is -0.757. The van der Waals surface area contributed by atoms with Crippen molar-refractivity contribution in [1.29, 1.82) is 0 Å². The summed E-state index contributed by atoms with van der Waals surface area (Å²) >= 11 is 0. The topological polar surface area (TPSA) is 48.0 Å². The summed E-state index contributed by atoms with van der Waals surface area (Å²) in [5.74, 6) is 0. The maximum Gasteiger partial charge on any atom is 0.412 e. The van der Waals surface area contributed by atoms with Crippen LogP contribution in [0.4, 0.5) is 4.79 Å². The first kappa shape index (κ1) is 20.7. The Labute approximate surface area is 154 Å². The highest BCUT2D eigenvalue weighted by molar-refractivity contribution is 6.77. The molecule has 0 aromatic rings. The van der Waals surface area contributed by atoms with Crippen LogP contribution >= 0.6 is 0 Å². The Morgan fingerprint density at radius 3 is 2.40 bits per heavy atom. The van der Waals surface area contributed by atoms with Crippen LogP contribution in [0, 0.1) is 0 Å². The van der Waals surface area contributed by atoms with Crippen LogP contribution in [0.1, 0.15) is 58.8 Å². The van der Waals surface area contributed by atoms with Gasteiger partial charge < -0.3 is 14.2 Å². The van der Waals surface area contributed by atoms with Gasteiger partial charge in [0.2, 0.25) is 0 Å². The third-order valence-corrected chi connectivity index (χ3v) is 7.89. The van der Waals surface area contributed by atoms with Gasteiger partial charge in [-0.15, -0.1) is 0 Å². The summed E-state index contributed by atoms with van der Waals surface area (Å²) in [7, 11) is 0.0909. The van der Waals surface area contributed by atoms with E-state index in [9.17, 15) is 4.79 Å². The van der Waals surface area contributed by atoms with Gasteiger partial charge in [0.25, 0.3) is 0 Å². The Balaban J connectivity index is 2.14. The van der Waals surface area contributed by atoms with Crippen molar-refractivity contribution in [2.45, 2.75) is 95.4 Å². The van der Waals surface area contributed by atoms with Gasteiger partial charge in [-0.1, -0.05) is 26.1 Å². The van der Waals surface area contributed by atoms with Crippen LogP contribution in [0.3, 0.4) is 0 Å². The van der Waals surface area contributed by atoms with E-state index in [4.69, 9.17) is 14.2 Å². The molecule has 2 fully saturated rings. The number of carbonyl (C=O) groups excluding carboxylic acids is 1. The summed E-state index contributed by atoms with van der Waals surface area (Å²) in [6.45, 7) is 12.3. The van der Waals surface area contributed by atoms with E-state index in [0.29, 0.717) is 13.2 Å². The molecule has 1 amide bonds. The number of ether oxygens (including phenoxy) is 3. The van der Waals surface area contributed by atoms with Crippen molar-refractivity contribution in [3.05, 3.63) is 0 Å². The number of methoxy groups -OCH3 is 1. The van der Waals surface area contributed by atoms with E-state index in [-0.39, 0.29) is 17.4 Å². The van der Waals surface area contributed by atoms with Crippen LogP contribution in [-0.4, -0.2) is 56.4 Å². The van der Waals surface area contributed by atoms with Crippen molar-refractivity contribution in [1.82, 2.24) is 4.90 Å². The van der Waals surface area contributed by atoms with E-state index in [1.807, 2.05) is 4.90 Å². The largest absolute Gasteiger partial charge is 0.450 e. The minimum atomic E-state index is -1.62. The fourth-order valence-electron chi connectivity index (χ4n) is 4.13. The number of nitrogens with zero attached hydrogens (tertiary/aromatic N) is 1. The van der Waals surface area contributed by atoms with Crippen LogP contribution < -0.4 is 0 Å². The van der Waals surface area contributed by atoms with E-state index in [2.05, 4.69) is 33.5 Å². The molecule has 5 nitrogen and oxygen atoms in total. The van der Waals surface area contributed by atoms with Gasteiger partial charge in [0.05, 0.1) is 25.9 Å². The van der Waals surface area contributed by atoms with Crippen molar-refractivity contribution in [2.75, 3.05) is 20.3 Å². The van der Waals surface area contributed by atoms with Gasteiger partial charge >= 0.3 is 6.09 Å². The molecular weight excluding hydrogens is 334 g/mol. The van der Waals surface area contributed by atoms with E-state index in [1.165, 1.54) is 6.42 Å². The van der Waals surface area contributed by atoms with Gasteiger partial charge in [0.15, 0.2) is 0 Å². The van der Waals surface area contributed by atoms with Crippen molar-refractivity contribution in [3.8, 4) is 0 Å². The van der Waals surface area contributed by atoms with Crippen LogP contribution in [0.5, 0.6) is 0 Å². The number of amides is 1. The van der Waals surface area contributed by atoms with Crippen LogP contribution in [0.2, 0.25) is 19.6 Å². The van der Waals surface area contributed by atoms with Gasteiger partial charge in [-0.25, -0.2) is 4.79 Å². The van der Waals surface area contributed by atoms with Crippen molar-refractivity contribution in [2.24, 2.45) is 0 Å². The zero-order valence-corrected chi connectivity index (χ0v) is 18.0. The molecule has 0 bridgehead atoms. The average Bonchev–Trinajstić information content (AvgIpc) is 2.77. The first-order valence-corrected chi connectivity index (χ1v) is 13.3.